The first-order chi connectivity index (χ1) is 6.82. The summed E-state index contributed by atoms with van der Waals surface area (Å²) in [6.07, 6.45) is 3.54. The highest BCUT2D eigenvalue weighted by Crippen LogP contribution is 2.25. The zero-order valence-electron chi connectivity index (χ0n) is 9.95. The second kappa shape index (κ2) is 4.47. The molecule has 0 aromatic carbocycles. The topological polar surface area (TPSA) is 29.0 Å². The van der Waals surface area contributed by atoms with Crippen LogP contribution in [0, 0.1) is 5.41 Å². The van der Waals surface area contributed by atoms with Crippen LogP contribution < -0.4 is 4.90 Å². The third-order valence-corrected chi connectivity index (χ3v) is 3.17. The Labute approximate surface area is 100 Å². The summed E-state index contributed by atoms with van der Waals surface area (Å²) in [7, 11) is 2.03. The number of halogens is 1. The van der Waals surface area contributed by atoms with Crippen molar-refractivity contribution in [1.82, 2.24) is 9.97 Å². The van der Waals surface area contributed by atoms with Crippen LogP contribution in [0.3, 0.4) is 0 Å². The minimum atomic E-state index is 0.213. The number of anilines is 1. The fraction of sp³-hybridized carbons (Fsp3) is 0.636. The molecule has 0 bridgehead atoms. The van der Waals surface area contributed by atoms with Crippen molar-refractivity contribution in [2.24, 2.45) is 5.41 Å². The van der Waals surface area contributed by atoms with E-state index in [1.807, 2.05) is 7.05 Å². The van der Waals surface area contributed by atoms with Gasteiger partial charge in [0.2, 0.25) is 5.95 Å². The van der Waals surface area contributed by atoms with Gasteiger partial charge in [0.15, 0.2) is 0 Å². The molecule has 1 heterocycles. The van der Waals surface area contributed by atoms with Gasteiger partial charge in [0, 0.05) is 25.5 Å². The molecule has 0 saturated heterocycles. The Morgan fingerprint density at radius 1 is 1.27 bits per heavy atom. The van der Waals surface area contributed by atoms with E-state index >= 15 is 0 Å². The molecular weight excluding hydrogens is 254 g/mol. The Bertz CT molecular complexity index is 316. The molecule has 0 radical (unpaired) electrons. The third-order valence-electron chi connectivity index (χ3n) is 2.76. The summed E-state index contributed by atoms with van der Waals surface area (Å²) in [6, 6.07) is 0.388. The van der Waals surface area contributed by atoms with Crippen molar-refractivity contribution in [1.29, 1.82) is 0 Å². The van der Waals surface area contributed by atoms with Gasteiger partial charge in [-0.2, -0.15) is 0 Å². The second-order valence-corrected chi connectivity index (χ2v) is 5.77. The molecule has 0 N–H and O–H groups in total. The smallest absolute Gasteiger partial charge is 0.225 e. The van der Waals surface area contributed by atoms with Crippen molar-refractivity contribution >= 4 is 21.9 Å². The van der Waals surface area contributed by atoms with Crippen LogP contribution in [0.1, 0.15) is 27.7 Å². The van der Waals surface area contributed by atoms with E-state index in [2.05, 4.69) is 58.5 Å². The van der Waals surface area contributed by atoms with Gasteiger partial charge in [-0.25, -0.2) is 9.97 Å². The molecule has 4 heteroatoms. The molecule has 1 unspecified atom stereocenters. The minimum Gasteiger partial charge on any atom is -0.341 e. The average molecular weight is 272 g/mol. The number of hydrogen-bond acceptors (Lipinski definition) is 3. The molecule has 0 aliphatic carbocycles. The van der Waals surface area contributed by atoms with Gasteiger partial charge in [-0.15, -0.1) is 0 Å². The quantitative estimate of drug-likeness (QED) is 0.828. The standard InChI is InChI=1S/C11H18BrN3/c1-8(11(2,3)4)15(5)10-13-6-9(12)7-14-10/h6-8H,1-5H3. The molecule has 15 heavy (non-hydrogen) atoms. The lowest BCUT2D eigenvalue weighted by Gasteiger charge is -2.35. The van der Waals surface area contributed by atoms with E-state index in [4.69, 9.17) is 0 Å². The van der Waals surface area contributed by atoms with Crippen molar-refractivity contribution in [3.63, 3.8) is 0 Å². The Kier molecular flexibility index (Phi) is 3.71. The summed E-state index contributed by atoms with van der Waals surface area (Å²) in [5.41, 5.74) is 0.213. The summed E-state index contributed by atoms with van der Waals surface area (Å²) in [4.78, 5) is 10.7. The largest absolute Gasteiger partial charge is 0.341 e. The van der Waals surface area contributed by atoms with Crippen molar-refractivity contribution in [3.8, 4) is 0 Å². The van der Waals surface area contributed by atoms with Crippen LogP contribution in [0.4, 0.5) is 5.95 Å². The Morgan fingerprint density at radius 2 is 1.73 bits per heavy atom. The molecule has 1 rings (SSSR count). The molecular formula is C11H18BrN3. The lowest BCUT2D eigenvalue weighted by atomic mass is 9.87. The van der Waals surface area contributed by atoms with Crippen molar-refractivity contribution in [2.45, 2.75) is 33.7 Å². The van der Waals surface area contributed by atoms with Crippen LogP contribution >= 0.6 is 15.9 Å². The normalized spacial score (nSPS) is 13.7. The van der Waals surface area contributed by atoms with Gasteiger partial charge in [0.1, 0.15) is 0 Å². The van der Waals surface area contributed by atoms with Crippen molar-refractivity contribution in [2.75, 3.05) is 11.9 Å². The van der Waals surface area contributed by atoms with E-state index in [1.165, 1.54) is 0 Å². The highest BCUT2D eigenvalue weighted by Gasteiger charge is 2.25. The number of hydrogen-bond donors (Lipinski definition) is 0. The third kappa shape index (κ3) is 3.16. The first kappa shape index (κ1) is 12.4. The lowest BCUT2D eigenvalue weighted by Crippen LogP contribution is -2.40. The molecule has 0 fully saturated rings. The summed E-state index contributed by atoms with van der Waals surface area (Å²) >= 11 is 3.33. The molecule has 1 aromatic rings. The van der Waals surface area contributed by atoms with E-state index < -0.39 is 0 Å². The second-order valence-electron chi connectivity index (χ2n) is 4.85. The van der Waals surface area contributed by atoms with Gasteiger partial charge in [-0.3, -0.25) is 0 Å². The van der Waals surface area contributed by atoms with Gasteiger partial charge >= 0.3 is 0 Å². The zero-order valence-corrected chi connectivity index (χ0v) is 11.5. The predicted molar refractivity (Wildman–Crippen MR) is 67.1 cm³/mol. The lowest BCUT2D eigenvalue weighted by molar-refractivity contribution is 0.327. The molecule has 3 nitrogen and oxygen atoms in total. The SMILES string of the molecule is CC(N(C)c1ncc(Br)cn1)C(C)(C)C. The van der Waals surface area contributed by atoms with Crippen LogP contribution in [0.25, 0.3) is 0 Å². The highest BCUT2D eigenvalue weighted by molar-refractivity contribution is 9.10. The summed E-state index contributed by atoms with van der Waals surface area (Å²) in [5, 5.41) is 0. The highest BCUT2D eigenvalue weighted by atomic mass is 79.9. The van der Waals surface area contributed by atoms with Crippen molar-refractivity contribution in [3.05, 3.63) is 16.9 Å². The first-order valence-electron chi connectivity index (χ1n) is 5.02. The maximum Gasteiger partial charge on any atom is 0.225 e. The molecule has 0 aliphatic rings. The van der Waals surface area contributed by atoms with Crippen LogP contribution in [-0.2, 0) is 0 Å². The molecule has 1 aromatic heterocycles. The van der Waals surface area contributed by atoms with Gasteiger partial charge in [0.25, 0.3) is 0 Å². The summed E-state index contributed by atoms with van der Waals surface area (Å²) < 4.78 is 0.906. The molecule has 0 spiro atoms. The average Bonchev–Trinajstić information content (AvgIpc) is 2.15. The van der Waals surface area contributed by atoms with Crippen molar-refractivity contribution < 1.29 is 0 Å². The number of rotatable bonds is 2. The van der Waals surface area contributed by atoms with Crippen LogP contribution in [-0.4, -0.2) is 23.1 Å². The van der Waals surface area contributed by atoms with Gasteiger partial charge in [0.05, 0.1) is 4.47 Å². The number of aromatic nitrogens is 2. The van der Waals surface area contributed by atoms with Crippen LogP contribution in [0.2, 0.25) is 0 Å². The molecule has 0 aliphatic heterocycles. The summed E-state index contributed by atoms with van der Waals surface area (Å²) in [6.45, 7) is 8.83. The number of nitrogens with zero attached hydrogens (tertiary/aromatic N) is 3. The summed E-state index contributed by atoms with van der Waals surface area (Å²) in [5.74, 6) is 0.764. The molecule has 0 amide bonds. The zero-order chi connectivity index (χ0) is 11.6. The Morgan fingerprint density at radius 3 is 2.13 bits per heavy atom. The van der Waals surface area contributed by atoms with E-state index in [9.17, 15) is 0 Å². The molecule has 1 atom stereocenters. The van der Waals surface area contributed by atoms with Crippen LogP contribution in [0.15, 0.2) is 16.9 Å². The first-order valence-corrected chi connectivity index (χ1v) is 5.82. The van der Waals surface area contributed by atoms with E-state index in [-0.39, 0.29) is 5.41 Å². The van der Waals surface area contributed by atoms with E-state index in [0.717, 1.165) is 10.4 Å². The minimum absolute atomic E-state index is 0.213. The molecule has 84 valence electrons. The van der Waals surface area contributed by atoms with E-state index in [1.54, 1.807) is 12.4 Å². The Balaban J connectivity index is 2.85. The monoisotopic (exact) mass is 271 g/mol. The van der Waals surface area contributed by atoms with Crippen LogP contribution in [0.5, 0.6) is 0 Å². The maximum atomic E-state index is 4.28. The van der Waals surface area contributed by atoms with Gasteiger partial charge in [-0.1, -0.05) is 20.8 Å². The predicted octanol–water partition coefficient (Wildman–Crippen LogP) is 3.11. The fourth-order valence-corrected chi connectivity index (χ4v) is 1.45. The van der Waals surface area contributed by atoms with Gasteiger partial charge in [-0.05, 0) is 28.3 Å². The fourth-order valence-electron chi connectivity index (χ4n) is 1.24. The van der Waals surface area contributed by atoms with E-state index in [0.29, 0.717) is 6.04 Å². The van der Waals surface area contributed by atoms with Gasteiger partial charge < -0.3 is 4.90 Å². The Hall–Kier alpha value is -0.640. The molecule has 0 saturated carbocycles. The maximum absolute atomic E-state index is 4.28.